The first-order chi connectivity index (χ1) is 12.4. The van der Waals surface area contributed by atoms with Crippen molar-refractivity contribution in [3.8, 4) is 11.5 Å². The maximum absolute atomic E-state index is 13.1. The van der Waals surface area contributed by atoms with Gasteiger partial charge < -0.3 is 19.7 Å². The molecule has 0 unspecified atom stereocenters. The average molecular weight is 376 g/mol. The maximum Gasteiger partial charge on any atom is 0.314 e. The molecule has 26 heavy (non-hydrogen) atoms. The molecule has 0 bridgehead atoms. The molecule has 136 valence electrons. The Morgan fingerprint density at radius 3 is 2.46 bits per heavy atom. The number of aliphatic hydroxyl groups is 1. The van der Waals surface area contributed by atoms with E-state index in [1.807, 2.05) is 0 Å². The van der Waals surface area contributed by atoms with Crippen LogP contribution in [0.3, 0.4) is 0 Å². The quantitative estimate of drug-likeness (QED) is 0.812. The van der Waals surface area contributed by atoms with Crippen molar-refractivity contribution in [3.05, 3.63) is 54.1 Å². The topological polar surface area (TPSA) is 110 Å². The Bertz CT molecular complexity index is 970. The van der Waals surface area contributed by atoms with Gasteiger partial charge in [0.05, 0.1) is 16.8 Å². The van der Waals surface area contributed by atoms with Crippen molar-refractivity contribution in [3.63, 3.8) is 0 Å². The van der Waals surface area contributed by atoms with Gasteiger partial charge in [-0.1, -0.05) is 24.3 Å². The molecule has 4 rings (SSSR count). The number of carboxylic acids is 1. The summed E-state index contributed by atoms with van der Waals surface area (Å²) in [5, 5.41) is 18.3. The smallest absolute Gasteiger partial charge is 0.314 e. The standard InChI is InChI=1S/C18H16O7S/c19-9-18(17(20)21)15(11-6-7-13-14(8-11)25-10-24-13)16(18)26(22,23)12-4-2-1-3-5-12/h1-8,15-16,19H,9-10H2,(H,20,21)/t15-,16+,18+/m1/s1. The summed E-state index contributed by atoms with van der Waals surface area (Å²) >= 11 is 0. The fraction of sp³-hybridized carbons (Fsp3) is 0.278. The number of hydrogen-bond acceptors (Lipinski definition) is 6. The van der Waals surface area contributed by atoms with Crippen LogP contribution < -0.4 is 9.47 Å². The molecule has 3 atom stereocenters. The van der Waals surface area contributed by atoms with Gasteiger partial charge in [-0.15, -0.1) is 0 Å². The lowest BCUT2D eigenvalue weighted by atomic mass is 10.00. The van der Waals surface area contributed by atoms with Crippen LogP contribution in [0.25, 0.3) is 0 Å². The second-order valence-electron chi connectivity index (χ2n) is 6.37. The Hall–Kier alpha value is -2.58. The van der Waals surface area contributed by atoms with Gasteiger partial charge in [0.1, 0.15) is 5.41 Å². The molecule has 7 nitrogen and oxygen atoms in total. The number of sulfone groups is 1. The highest BCUT2D eigenvalue weighted by Crippen LogP contribution is 2.64. The average Bonchev–Trinajstić information content (AvgIpc) is 3.15. The largest absolute Gasteiger partial charge is 0.481 e. The Labute approximate surface area is 149 Å². The minimum Gasteiger partial charge on any atom is -0.481 e. The SMILES string of the molecule is O=C(O)[C@@]1(CO)[C@H](c2ccc3c(c2)OCO3)[C@@H]1S(=O)(=O)c1ccccc1. The van der Waals surface area contributed by atoms with E-state index in [4.69, 9.17) is 9.47 Å². The summed E-state index contributed by atoms with van der Waals surface area (Å²) < 4.78 is 36.7. The number of fused-ring (bicyclic) bond motifs is 1. The van der Waals surface area contributed by atoms with Crippen molar-refractivity contribution in [1.82, 2.24) is 0 Å². The van der Waals surface area contributed by atoms with Gasteiger partial charge in [-0.3, -0.25) is 4.79 Å². The van der Waals surface area contributed by atoms with Crippen molar-refractivity contribution < 1.29 is 32.9 Å². The van der Waals surface area contributed by atoms with E-state index >= 15 is 0 Å². The molecule has 0 aromatic heterocycles. The van der Waals surface area contributed by atoms with Gasteiger partial charge >= 0.3 is 5.97 Å². The van der Waals surface area contributed by atoms with Gasteiger partial charge in [-0.25, -0.2) is 8.42 Å². The summed E-state index contributed by atoms with van der Waals surface area (Å²) in [6.07, 6.45) is 0. The number of benzene rings is 2. The number of aliphatic carboxylic acids is 1. The first-order valence-electron chi connectivity index (χ1n) is 7.95. The number of rotatable bonds is 5. The minimum absolute atomic E-state index is 0.0346. The fourth-order valence-electron chi connectivity index (χ4n) is 3.71. The fourth-order valence-corrected chi connectivity index (χ4v) is 6.09. The predicted molar refractivity (Wildman–Crippen MR) is 89.9 cm³/mol. The molecule has 1 fully saturated rings. The van der Waals surface area contributed by atoms with E-state index in [1.165, 1.54) is 12.1 Å². The van der Waals surface area contributed by atoms with Crippen molar-refractivity contribution in [2.24, 2.45) is 5.41 Å². The van der Waals surface area contributed by atoms with E-state index in [0.717, 1.165) is 0 Å². The third-order valence-corrected chi connectivity index (χ3v) is 7.37. The Kier molecular flexibility index (Phi) is 3.71. The first kappa shape index (κ1) is 16.9. The van der Waals surface area contributed by atoms with Gasteiger partial charge in [0.2, 0.25) is 6.79 Å². The molecule has 0 saturated heterocycles. The van der Waals surface area contributed by atoms with Crippen molar-refractivity contribution in [2.75, 3.05) is 13.4 Å². The molecule has 2 aromatic carbocycles. The number of carboxylic acid groups (broad SMARTS) is 1. The van der Waals surface area contributed by atoms with E-state index in [-0.39, 0.29) is 11.7 Å². The van der Waals surface area contributed by atoms with Crippen LogP contribution in [-0.2, 0) is 14.6 Å². The molecular weight excluding hydrogens is 360 g/mol. The normalized spacial score (nSPS) is 26.5. The van der Waals surface area contributed by atoms with Crippen LogP contribution in [0.4, 0.5) is 0 Å². The first-order valence-corrected chi connectivity index (χ1v) is 9.50. The van der Waals surface area contributed by atoms with E-state index in [9.17, 15) is 23.4 Å². The number of carbonyl (C=O) groups is 1. The van der Waals surface area contributed by atoms with Gasteiger partial charge in [-0.05, 0) is 29.8 Å². The lowest BCUT2D eigenvalue weighted by Crippen LogP contribution is -2.27. The highest BCUT2D eigenvalue weighted by Gasteiger charge is 2.75. The Morgan fingerprint density at radius 2 is 1.81 bits per heavy atom. The van der Waals surface area contributed by atoms with Crippen LogP contribution in [0.5, 0.6) is 11.5 Å². The van der Waals surface area contributed by atoms with Crippen LogP contribution in [0.2, 0.25) is 0 Å². The molecule has 1 aliphatic carbocycles. The van der Waals surface area contributed by atoms with E-state index in [2.05, 4.69) is 0 Å². The van der Waals surface area contributed by atoms with Gasteiger partial charge in [0.25, 0.3) is 0 Å². The molecule has 8 heteroatoms. The molecule has 0 radical (unpaired) electrons. The van der Waals surface area contributed by atoms with Crippen LogP contribution in [0, 0.1) is 5.41 Å². The van der Waals surface area contributed by atoms with Crippen molar-refractivity contribution in [1.29, 1.82) is 0 Å². The van der Waals surface area contributed by atoms with Crippen LogP contribution in [0.1, 0.15) is 11.5 Å². The molecule has 1 heterocycles. The lowest BCUT2D eigenvalue weighted by molar-refractivity contribution is -0.145. The molecule has 1 aliphatic heterocycles. The third-order valence-electron chi connectivity index (χ3n) is 5.08. The summed E-state index contributed by atoms with van der Waals surface area (Å²) in [4.78, 5) is 12.0. The molecular formula is C18H16O7S. The van der Waals surface area contributed by atoms with Gasteiger partial charge in [-0.2, -0.15) is 0 Å². The minimum atomic E-state index is -3.95. The van der Waals surface area contributed by atoms with Crippen molar-refractivity contribution >= 4 is 15.8 Å². The highest BCUT2D eigenvalue weighted by molar-refractivity contribution is 7.92. The van der Waals surface area contributed by atoms with E-state index < -0.39 is 39.0 Å². The molecule has 2 N–H and O–H groups in total. The predicted octanol–water partition coefficient (Wildman–Crippen LogP) is 1.42. The zero-order valence-electron chi connectivity index (χ0n) is 13.5. The monoisotopic (exact) mass is 376 g/mol. The Morgan fingerprint density at radius 1 is 1.12 bits per heavy atom. The Balaban J connectivity index is 1.81. The van der Waals surface area contributed by atoms with Gasteiger partial charge in [0.15, 0.2) is 21.3 Å². The number of aliphatic hydroxyl groups excluding tert-OH is 1. The van der Waals surface area contributed by atoms with Crippen LogP contribution >= 0.6 is 0 Å². The summed E-state index contributed by atoms with van der Waals surface area (Å²) in [7, 11) is -3.95. The summed E-state index contributed by atoms with van der Waals surface area (Å²) in [6, 6.07) is 12.5. The van der Waals surface area contributed by atoms with E-state index in [0.29, 0.717) is 17.1 Å². The highest BCUT2D eigenvalue weighted by atomic mass is 32.2. The molecule has 2 aromatic rings. The van der Waals surface area contributed by atoms with E-state index in [1.54, 1.807) is 36.4 Å². The second kappa shape index (κ2) is 5.72. The molecule has 1 saturated carbocycles. The summed E-state index contributed by atoms with van der Waals surface area (Å²) in [5.41, 5.74) is -1.31. The third kappa shape index (κ3) is 2.22. The molecule has 2 aliphatic rings. The lowest BCUT2D eigenvalue weighted by Gasteiger charge is -2.09. The number of ether oxygens (including phenoxy) is 2. The molecule has 0 amide bonds. The van der Waals surface area contributed by atoms with Crippen LogP contribution in [0.15, 0.2) is 53.4 Å². The maximum atomic E-state index is 13.1. The summed E-state index contributed by atoms with van der Waals surface area (Å²) in [6.45, 7) is -0.725. The number of hydrogen-bond donors (Lipinski definition) is 2. The van der Waals surface area contributed by atoms with Crippen molar-refractivity contribution in [2.45, 2.75) is 16.1 Å². The zero-order chi connectivity index (χ0) is 18.5. The zero-order valence-corrected chi connectivity index (χ0v) is 14.3. The summed E-state index contributed by atoms with van der Waals surface area (Å²) in [5.74, 6) is -1.28. The van der Waals surface area contributed by atoms with Crippen LogP contribution in [-0.4, -0.2) is 43.2 Å². The molecule has 0 spiro atoms. The van der Waals surface area contributed by atoms with Gasteiger partial charge in [0, 0.05) is 5.92 Å². The second-order valence-corrected chi connectivity index (χ2v) is 8.44.